The third-order valence-electron chi connectivity index (χ3n) is 4.21. The fourth-order valence-corrected chi connectivity index (χ4v) is 2.82. The second-order valence-electron chi connectivity index (χ2n) is 5.76. The Bertz CT molecular complexity index is 415. The lowest BCUT2D eigenvalue weighted by atomic mass is 9.85. The number of nitrogens with one attached hydrogen (secondary N) is 1. The van der Waals surface area contributed by atoms with Crippen LogP contribution in [0.25, 0.3) is 0 Å². The van der Waals surface area contributed by atoms with E-state index >= 15 is 0 Å². The fourth-order valence-electron chi connectivity index (χ4n) is 2.82. The number of benzene rings is 1. The number of rotatable bonds is 8. The van der Waals surface area contributed by atoms with E-state index in [0.717, 1.165) is 49.8 Å². The third kappa shape index (κ3) is 3.72. The molecule has 0 saturated heterocycles. The summed E-state index contributed by atoms with van der Waals surface area (Å²) in [4.78, 5) is 2.22. The van der Waals surface area contributed by atoms with Gasteiger partial charge < -0.3 is 10.2 Å². The zero-order chi connectivity index (χ0) is 14.4. The number of hydrogen-bond acceptors (Lipinski definition) is 2. The van der Waals surface area contributed by atoms with E-state index in [1.807, 2.05) is 12.1 Å². The first-order valence-corrected chi connectivity index (χ1v) is 7.99. The maximum atomic E-state index is 14.3. The Labute approximate surface area is 122 Å². The molecule has 2 rings (SSSR count). The summed E-state index contributed by atoms with van der Waals surface area (Å²) in [5.74, 6) is 0.674. The van der Waals surface area contributed by atoms with Crippen LogP contribution in [0.5, 0.6) is 0 Å². The van der Waals surface area contributed by atoms with E-state index < -0.39 is 0 Å². The molecule has 1 aliphatic rings. The lowest BCUT2D eigenvalue weighted by Gasteiger charge is -2.34. The standard InChI is InChI=1S/C17H27FN2/c1-3-11-19-12-15-9-6-10-16(18)17(15)20(4-2)13-14-7-5-8-14/h6,9-10,14,19H,3-5,7-8,11-13H2,1-2H3. The quantitative estimate of drug-likeness (QED) is 0.724. The molecule has 20 heavy (non-hydrogen) atoms. The van der Waals surface area contributed by atoms with Crippen molar-refractivity contribution in [2.24, 2.45) is 5.92 Å². The Morgan fingerprint density at radius 3 is 2.70 bits per heavy atom. The summed E-state index contributed by atoms with van der Waals surface area (Å²) in [6.45, 7) is 7.87. The van der Waals surface area contributed by atoms with Crippen LogP contribution in [0.1, 0.15) is 45.1 Å². The maximum absolute atomic E-state index is 14.3. The molecule has 2 nitrogen and oxygen atoms in total. The van der Waals surface area contributed by atoms with E-state index in [9.17, 15) is 4.39 Å². The zero-order valence-electron chi connectivity index (χ0n) is 12.8. The van der Waals surface area contributed by atoms with Crippen LogP contribution in [0, 0.1) is 11.7 Å². The summed E-state index contributed by atoms with van der Waals surface area (Å²) in [5.41, 5.74) is 1.89. The number of para-hydroxylation sites is 1. The summed E-state index contributed by atoms with van der Waals surface area (Å²) in [7, 11) is 0. The van der Waals surface area contributed by atoms with Gasteiger partial charge in [0.05, 0.1) is 5.69 Å². The first-order chi connectivity index (χ1) is 9.76. The van der Waals surface area contributed by atoms with Crippen molar-refractivity contribution in [2.45, 2.75) is 46.1 Å². The molecule has 0 unspecified atom stereocenters. The molecule has 1 aromatic carbocycles. The van der Waals surface area contributed by atoms with E-state index in [1.54, 1.807) is 6.07 Å². The Morgan fingerprint density at radius 1 is 1.30 bits per heavy atom. The van der Waals surface area contributed by atoms with Gasteiger partial charge in [-0.05, 0) is 50.3 Å². The van der Waals surface area contributed by atoms with E-state index in [4.69, 9.17) is 0 Å². The van der Waals surface area contributed by atoms with E-state index in [0.29, 0.717) is 0 Å². The van der Waals surface area contributed by atoms with Crippen molar-refractivity contribution in [1.82, 2.24) is 5.32 Å². The Balaban J connectivity index is 2.12. The van der Waals surface area contributed by atoms with Crippen LogP contribution >= 0.6 is 0 Å². The monoisotopic (exact) mass is 278 g/mol. The maximum Gasteiger partial charge on any atom is 0.146 e. The summed E-state index contributed by atoms with van der Waals surface area (Å²) in [5, 5.41) is 3.39. The van der Waals surface area contributed by atoms with Gasteiger partial charge in [0.25, 0.3) is 0 Å². The topological polar surface area (TPSA) is 15.3 Å². The predicted octanol–water partition coefficient (Wildman–Crippen LogP) is 3.95. The van der Waals surface area contributed by atoms with Crippen LogP contribution < -0.4 is 10.2 Å². The third-order valence-corrected chi connectivity index (χ3v) is 4.21. The van der Waals surface area contributed by atoms with Crippen LogP contribution in [-0.4, -0.2) is 19.6 Å². The molecule has 0 aliphatic heterocycles. The second kappa shape index (κ2) is 7.63. The van der Waals surface area contributed by atoms with Gasteiger partial charge >= 0.3 is 0 Å². The lowest BCUT2D eigenvalue weighted by Crippen LogP contribution is -2.34. The molecule has 1 N–H and O–H groups in total. The largest absolute Gasteiger partial charge is 0.369 e. The van der Waals surface area contributed by atoms with Gasteiger partial charge in [0, 0.05) is 19.6 Å². The highest BCUT2D eigenvalue weighted by Crippen LogP contribution is 2.31. The van der Waals surface area contributed by atoms with Crippen molar-refractivity contribution >= 4 is 5.69 Å². The first-order valence-electron chi connectivity index (χ1n) is 7.99. The molecule has 1 saturated carbocycles. The Morgan fingerprint density at radius 2 is 2.10 bits per heavy atom. The molecule has 0 spiro atoms. The summed E-state index contributed by atoms with van der Waals surface area (Å²) >= 11 is 0. The average molecular weight is 278 g/mol. The van der Waals surface area contributed by atoms with Gasteiger partial charge in [0.15, 0.2) is 0 Å². The van der Waals surface area contributed by atoms with Gasteiger partial charge in [-0.1, -0.05) is 25.5 Å². The molecule has 1 aromatic rings. The Kier molecular flexibility index (Phi) is 5.84. The molecular weight excluding hydrogens is 251 g/mol. The van der Waals surface area contributed by atoms with Gasteiger partial charge in [-0.15, -0.1) is 0 Å². The highest BCUT2D eigenvalue weighted by molar-refractivity contribution is 5.55. The van der Waals surface area contributed by atoms with E-state index in [-0.39, 0.29) is 5.82 Å². The van der Waals surface area contributed by atoms with Gasteiger partial charge in [-0.25, -0.2) is 4.39 Å². The van der Waals surface area contributed by atoms with Crippen LogP contribution in [0.2, 0.25) is 0 Å². The minimum atomic E-state index is -0.0815. The molecule has 1 fully saturated rings. The van der Waals surface area contributed by atoms with Gasteiger partial charge in [-0.2, -0.15) is 0 Å². The van der Waals surface area contributed by atoms with Gasteiger partial charge in [0.1, 0.15) is 5.82 Å². The SMILES string of the molecule is CCCNCc1cccc(F)c1N(CC)CC1CCC1. The van der Waals surface area contributed by atoms with Crippen molar-refractivity contribution in [3.05, 3.63) is 29.6 Å². The van der Waals surface area contributed by atoms with E-state index in [1.165, 1.54) is 19.3 Å². The van der Waals surface area contributed by atoms with Crippen LogP contribution in [-0.2, 0) is 6.54 Å². The smallest absolute Gasteiger partial charge is 0.146 e. The number of nitrogens with zero attached hydrogens (tertiary/aromatic N) is 1. The number of halogens is 1. The van der Waals surface area contributed by atoms with Crippen LogP contribution in [0.3, 0.4) is 0 Å². The molecule has 0 atom stereocenters. The minimum Gasteiger partial charge on any atom is -0.369 e. The van der Waals surface area contributed by atoms with Gasteiger partial charge in [-0.3, -0.25) is 0 Å². The lowest BCUT2D eigenvalue weighted by molar-refractivity contribution is 0.317. The molecule has 3 heteroatoms. The van der Waals surface area contributed by atoms with Crippen LogP contribution in [0.4, 0.5) is 10.1 Å². The zero-order valence-corrected chi connectivity index (χ0v) is 12.8. The molecule has 0 heterocycles. The summed E-state index contributed by atoms with van der Waals surface area (Å²) < 4.78 is 14.3. The van der Waals surface area contributed by atoms with Crippen molar-refractivity contribution in [3.8, 4) is 0 Å². The van der Waals surface area contributed by atoms with Gasteiger partial charge in [0.2, 0.25) is 0 Å². The minimum absolute atomic E-state index is 0.0815. The summed E-state index contributed by atoms with van der Waals surface area (Å²) in [6, 6.07) is 5.45. The first kappa shape index (κ1) is 15.3. The van der Waals surface area contributed by atoms with Crippen molar-refractivity contribution in [2.75, 3.05) is 24.5 Å². The molecule has 1 aliphatic carbocycles. The normalized spacial score (nSPS) is 15.2. The summed E-state index contributed by atoms with van der Waals surface area (Å²) in [6.07, 6.45) is 5.04. The number of hydrogen-bond donors (Lipinski definition) is 1. The highest BCUT2D eigenvalue weighted by Gasteiger charge is 2.23. The fraction of sp³-hybridized carbons (Fsp3) is 0.647. The van der Waals surface area contributed by atoms with E-state index in [2.05, 4.69) is 24.1 Å². The number of anilines is 1. The molecule has 0 amide bonds. The second-order valence-corrected chi connectivity index (χ2v) is 5.76. The van der Waals surface area contributed by atoms with Crippen molar-refractivity contribution in [1.29, 1.82) is 0 Å². The molecule has 0 aromatic heterocycles. The predicted molar refractivity (Wildman–Crippen MR) is 83.6 cm³/mol. The van der Waals surface area contributed by atoms with Crippen molar-refractivity contribution in [3.63, 3.8) is 0 Å². The van der Waals surface area contributed by atoms with Crippen LogP contribution in [0.15, 0.2) is 18.2 Å². The molecular formula is C17H27FN2. The van der Waals surface area contributed by atoms with Crippen molar-refractivity contribution < 1.29 is 4.39 Å². The molecule has 0 bridgehead atoms. The Hall–Kier alpha value is -1.09. The molecule has 0 radical (unpaired) electrons. The average Bonchev–Trinajstić information content (AvgIpc) is 2.40. The molecule has 112 valence electrons. The highest BCUT2D eigenvalue weighted by atomic mass is 19.1.